The van der Waals surface area contributed by atoms with Crippen molar-refractivity contribution in [2.45, 2.75) is 25.4 Å². The van der Waals surface area contributed by atoms with Crippen LogP contribution in [-0.2, 0) is 6.54 Å². The summed E-state index contributed by atoms with van der Waals surface area (Å²) in [6.45, 7) is 1.59. The molecule has 136 valence electrons. The van der Waals surface area contributed by atoms with Gasteiger partial charge in [-0.2, -0.15) is 0 Å². The molecule has 1 saturated carbocycles. The Hall–Kier alpha value is -2.40. The number of hydrogen-bond acceptors (Lipinski definition) is 3. The first-order chi connectivity index (χ1) is 12.7. The molecule has 1 fully saturated rings. The molecule has 1 heterocycles. The van der Waals surface area contributed by atoms with E-state index in [1.165, 1.54) is 0 Å². The maximum atomic E-state index is 12.4. The number of carbonyl (C=O) groups is 1. The molecule has 1 unspecified atom stereocenters. The number of urea groups is 1. The van der Waals surface area contributed by atoms with Gasteiger partial charge in [0, 0.05) is 11.6 Å². The zero-order valence-electron chi connectivity index (χ0n) is 14.3. The Morgan fingerprint density at radius 2 is 1.81 bits per heavy atom. The van der Waals surface area contributed by atoms with Gasteiger partial charge < -0.3 is 20.1 Å². The molecule has 26 heavy (non-hydrogen) atoms. The monoisotopic (exact) mass is 372 g/mol. The molecule has 0 aromatic heterocycles. The maximum Gasteiger partial charge on any atom is 0.315 e. The molecule has 2 aliphatic rings. The minimum absolute atomic E-state index is 0.0176. The molecule has 0 saturated heterocycles. The molecule has 2 aromatic carbocycles. The Balaban J connectivity index is 1.40. The lowest BCUT2D eigenvalue weighted by atomic mass is 10.0. The van der Waals surface area contributed by atoms with Gasteiger partial charge in [-0.1, -0.05) is 29.8 Å². The summed E-state index contributed by atoms with van der Waals surface area (Å²) in [6, 6.07) is 13.2. The summed E-state index contributed by atoms with van der Waals surface area (Å²) in [6.07, 6.45) is 2.24. The summed E-state index contributed by atoms with van der Waals surface area (Å²) < 4.78 is 11.2. The summed E-state index contributed by atoms with van der Waals surface area (Å²) >= 11 is 5.88. The highest BCUT2D eigenvalue weighted by Crippen LogP contribution is 2.43. The van der Waals surface area contributed by atoms with Gasteiger partial charge in [-0.3, -0.25) is 0 Å². The van der Waals surface area contributed by atoms with E-state index in [0.29, 0.717) is 30.7 Å². The molecular weight excluding hydrogens is 352 g/mol. The van der Waals surface area contributed by atoms with Crippen molar-refractivity contribution in [2.75, 3.05) is 13.2 Å². The van der Waals surface area contributed by atoms with E-state index in [9.17, 15) is 4.79 Å². The van der Waals surface area contributed by atoms with Crippen LogP contribution in [0.5, 0.6) is 11.5 Å². The molecule has 2 N–H and O–H groups in total. The minimum Gasteiger partial charge on any atom is -0.486 e. The molecule has 2 amide bonds. The van der Waals surface area contributed by atoms with Crippen molar-refractivity contribution < 1.29 is 14.3 Å². The molecule has 2 aromatic rings. The Labute approximate surface area is 157 Å². The fourth-order valence-corrected chi connectivity index (χ4v) is 3.26. The van der Waals surface area contributed by atoms with Crippen molar-refractivity contribution in [1.29, 1.82) is 0 Å². The second-order valence-electron chi connectivity index (χ2n) is 6.67. The number of rotatable bonds is 5. The van der Waals surface area contributed by atoms with Gasteiger partial charge in [0.15, 0.2) is 11.5 Å². The SMILES string of the molecule is O=C(NCc1ccc(Cl)cc1)NC(c1ccc2c(c1)OCCO2)C1CC1. The number of benzene rings is 2. The number of amides is 2. The number of nitrogens with one attached hydrogen (secondary N) is 2. The van der Waals surface area contributed by atoms with Crippen LogP contribution in [-0.4, -0.2) is 19.2 Å². The number of halogens is 1. The fourth-order valence-electron chi connectivity index (χ4n) is 3.13. The van der Waals surface area contributed by atoms with Gasteiger partial charge >= 0.3 is 6.03 Å². The normalized spacial score (nSPS) is 16.7. The molecule has 1 atom stereocenters. The third kappa shape index (κ3) is 4.05. The summed E-state index contributed by atoms with van der Waals surface area (Å²) in [5, 5.41) is 6.71. The molecule has 5 nitrogen and oxygen atoms in total. The Kier molecular flexibility index (Phi) is 4.89. The van der Waals surface area contributed by atoms with E-state index in [1.807, 2.05) is 42.5 Å². The molecule has 0 radical (unpaired) electrons. The number of carbonyl (C=O) groups excluding carboxylic acids is 1. The third-order valence-electron chi connectivity index (χ3n) is 4.67. The molecule has 1 aliphatic heterocycles. The van der Waals surface area contributed by atoms with E-state index >= 15 is 0 Å². The van der Waals surface area contributed by atoms with Crippen molar-refractivity contribution in [3.05, 3.63) is 58.6 Å². The Morgan fingerprint density at radius 3 is 2.54 bits per heavy atom. The van der Waals surface area contributed by atoms with E-state index in [-0.39, 0.29) is 12.1 Å². The first-order valence-corrected chi connectivity index (χ1v) is 9.25. The molecule has 6 heteroatoms. The van der Waals surface area contributed by atoms with Gasteiger partial charge in [0.2, 0.25) is 0 Å². The number of ether oxygens (including phenoxy) is 2. The highest BCUT2D eigenvalue weighted by atomic mass is 35.5. The highest BCUT2D eigenvalue weighted by molar-refractivity contribution is 6.30. The van der Waals surface area contributed by atoms with Gasteiger partial charge in [-0.15, -0.1) is 0 Å². The summed E-state index contributed by atoms with van der Waals surface area (Å²) in [5.74, 6) is 1.99. The van der Waals surface area contributed by atoms with E-state index in [0.717, 1.165) is 35.5 Å². The molecule has 1 aliphatic carbocycles. The predicted octanol–water partition coefficient (Wildman–Crippen LogP) is 4.06. The van der Waals surface area contributed by atoms with Crippen LogP contribution in [0.2, 0.25) is 5.02 Å². The zero-order valence-corrected chi connectivity index (χ0v) is 15.1. The van der Waals surface area contributed by atoms with Crippen LogP contribution in [0.3, 0.4) is 0 Å². The quantitative estimate of drug-likeness (QED) is 0.832. The lowest BCUT2D eigenvalue weighted by Crippen LogP contribution is -2.38. The van der Waals surface area contributed by atoms with Crippen LogP contribution in [0.25, 0.3) is 0 Å². The molecule has 0 bridgehead atoms. The molecular formula is C20H21ClN2O3. The van der Waals surface area contributed by atoms with E-state index in [2.05, 4.69) is 10.6 Å². The van der Waals surface area contributed by atoms with Crippen LogP contribution in [0.1, 0.15) is 30.0 Å². The lowest BCUT2D eigenvalue weighted by molar-refractivity contribution is 0.171. The predicted molar refractivity (Wildman–Crippen MR) is 99.7 cm³/mol. The zero-order chi connectivity index (χ0) is 17.9. The van der Waals surface area contributed by atoms with Crippen LogP contribution in [0.15, 0.2) is 42.5 Å². The van der Waals surface area contributed by atoms with Crippen LogP contribution >= 0.6 is 11.6 Å². The largest absolute Gasteiger partial charge is 0.486 e. The van der Waals surface area contributed by atoms with Crippen molar-refractivity contribution in [3.8, 4) is 11.5 Å². The smallest absolute Gasteiger partial charge is 0.315 e. The topological polar surface area (TPSA) is 59.6 Å². The standard InChI is InChI=1S/C20H21ClN2O3/c21-16-6-1-13(2-7-16)12-22-20(24)23-19(14-3-4-14)15-5-8-17-18(11-15)26-10-9-25-17/h1-2,5-8,11,14,19H,3-4,9-10,12H2,(H2,22,23,24). The van der Waals surface area contributed by atoms with E-state index in [4.69, 9.17) is 21.1 Å². The first-order valence-electron chi connectivity index (χ1n) is 8.87. The molecule has 4 rings (SSSR count). The second-order valence-corrected chi connectivity index (χ2v) is 7.11. The first kappa shape index (κ1) is 17.0. The number of fused-ring (bicyclic) bond motifs is 1. The summed E-state index contributed by atoms with van der Waals surface area (Å²) in [5.41, 5.74) is 2.06. The second kappa shape index (κ2) is 7.46. The van der Waals surface area contributed by atoms with Gasteiger partial charge in [0.25, 0.3) is 0 Å². The van der Waals surface area contributed by atoms with Crippen LogP contribution in [0, 0.1) is 5.92 Å². The number of hydrogen-bond donors (Lipinski definition) is 2. The summed E-state index contributed by atoms with van der Waals surface area (Å²) in [4.78, 5) is 12.4. The van der Waals surface area contributed by atoms with Gasteiger partial charge in [-0.25, -0.2) is 4.79 Å². The van der Waals surface area contributed by atoms with Crippen molar-refractivity contribution in [2.24, 2.45) is 5.92 Å². The maximum absolute atomic E-state index is 12.4. The van der Waals surface area contributed by atoms with Crippen molar-refractivity contribution >= 4 is 17.6 Å². The van der Waals surface area contributed by atoms with Crippen LogP contribution in [0.4, 0.5) is 4.79 Å². The van der Waals surface area contributed by atoms with Gasteiger partial charge in [0.1, 0.15) is 13.2 Å². The lowest BCUT2D eigenvalue weighted by Gasteiger charge is -2.23. The fraction of sp³-hybridized carbons (Fsp3) is 0.350. The minimum atomic E-state index is -0.174. The van der Waals surface area contributed by atoms with E-state index in [1.54, 1.807) is 0 Å². The van der Waals surface area contributed by atoms with Gasteiger partial charge in [-0.05, 0) is 54.2 Å². The Bertz CT molecular complexity index is 790. The van der Waals surface area contributed by atoms with Crippen LogP contribution < -0.4 is 20.1 Å². The third-order valence-corrected chi connectivity index (χ3v) is 4.92. The average molecular weight is 373 g/mol. The van der Waals surface area contributed by atoms with Crippen molar-refractivity contribution in [3.63, 3.8) is 0 Å². The van der Waals surface area contributed by atoms with Crippen molar-refractivity contribution in [1.82, 2.24) is 10.6 Å². The highest BCUT2D eigenvalue weighted by Gasteiger charge is 2.34. The average Bonchev–Trinajstić information content (AvgIpc) is 3.50. The Morgan fingerprint density at radius 1 is 1.08 bits per heavy atom. The summed E-state index contributed by atoms with van der Waals surface area (Å²) in [7, 11) is 0. The molecule has 0 spiro atoms. The van der Waals surface area contributed by atoms with Gasteiger partial charge in [0.05, 0.1) is 6.04 Å². The van der Waals surface area contributed by atoms with E-state index < -0.39 is 0 Å².